The number of fused-ring (bicyclic) bond motifs is 1. The Balaban J connectivity index is 2.20. The number of ether oxygens (including phenoxy) is 2. The van der Waals surface area contributed by atoms with Gasteiger partial charge < -0.3 is 9.47 Å². The Morgan fingerprint density at radius 1 is 1.21 bits per heavy atom. The van der Waals surface area contributed by atoms with Gasteiger partial charge in [0.15, 0.2) is 11.5 Å². The monoisotopic (exact) mass is 198 g/mol. The number of hydrogen-bond acceptors (Lipinski definition) is 2. The van der Waals surface area contributed by atoms with E-state index < -0.39 is 6.43 Å². The summed E-state index contributed by atoms with van der Waals surface area (Å²) in [6.45, 7) is 0.192. The molecule has 0 atom stereocenters. The summed E-state index contributed by atoms with van der Waals surface area (Å²) in [4.78, 5) is 0. The molecule has 0 aromatic heterocycles. The molecule has 1 heterocycles. The summed E-state index contributed by atoms with van der Waals surface area (Å²) in [5, 5.41) is 0. The molecule has 1 aliphatic heterocycles. The van der Waals surface area contributed by atoms with Crippen LogP contribution in [0.5, 0.6) is 11.5 Å². The quantitative estimate of drug-likeness (QED) is 0.727. The highest BCUT2D eigenvalue weighted by atomic mass is 19.3. The van der Waals surface area contributed by atoms with E-state index in [9.17, 15) is 8.78 Å². The molecule has 2 rings (SSSR count). The molecular formula is C10H8F2O2. The summed E-state index contributed by atoms with van der Waals surface area (Å²) in [5.74, 6) is 1.25. The third kappa shape index (κ3) is 1.84. The van der Waals surface area contributed by atoms with E-state index in [0.29, 0.717) is 17.1 Å². The number of hydrogen-bond donors (Lipinski definition) is 0. The van der Waals surface area contributed by atoms with Gasteiger partial charge in [-0.05, 0) is 23.8 Å². The van der Waals surface area contributed by atoms with E-state index in [0.717, 1.165) is 6.08 Å². The zero-order valence-corrected chi connectivity index (χ0v) is 7.24. The van der Waals surface area contributed by atoms with Crippen LogP contribution < -0.4 is 9.47 Å². The maximum Gasteiger partial charge on any atom is 0.257 e. The first-order chi connectivity index (χ1) is 6.75. The molecule has 0 fully saturated rings. The third-order valence-electron chi connectivity index (χ3n) is 1.83. The lowest BCUT2D eigenvalue weighted by Gasteiger charge is -1.97. The molecule has 14 heavy (non-hydrogen) atoms. The number of benzene rings is 1. The minimum absolute atomic E-state index is 0.192. The number of rotatable bonds is 2. The van der Waals surface area contributed by atoms with Crippen LogP contribution in [0.3, 0.4) is 0 Å². The standard InChI is InChI=1S/C10H8F2O2/c11-10(12)4-2-7-1-3-8-9(5-7)14-6-13-8/h1-5,10H,6H2/b4-2+. The minimum Gasteiger partial charge on any atom is -0.454 e. The summed E-state index contributed by atoms with van der Waals surface area (Å²) in [6.07, 6.45) is -0.245. The van der Waals surface area contributed by atoms with Gasteiger partial charge in [0.25, 0.3) is 6.43 Å². The SMILES string of the molecule is FC(F)/C=C/c1ccc2c(c1)OCO2. The Labute approximate surface area is 79.8 Å². The Kier molecular flexibility index (Phi) is 2.35. The summed E-state index contributed by atoms with van der Waals surface area (Å²) in [5.41, 5.74) is 0.676. The highest BCUT2D eigenvalue weighted by molar-refractivity contribution is 5.56. The van der Waals surface area contributed by atoms with Gasteiger partial charge >= 0.3 is 0 Å². The average molecular weight is 198 g/mol. The normalized spacial score (nSPS) is 14.2. The lowest BCUT2D eigenvalue weighted by atomic mass is 10.2. The van der Waals surface area contributed by atoms with Crippen molar-refractivity contribution in [2.24, 2.45) is 0 Å². The molecule has 0 N–H and O–H groups in total. The van der Waals surface area contributed by atoms with Gasteiger partial charge in [0.1, 0.15) is 0 Å². The van der Waals surface area contributed by atoms with Crippen molar-refractivity contribution in [3.63, 3.8) is 0 Å². The van der Waals surface area contributed by atoms with Crippen LogP contribution in [0, 0.1) is 0 Å². The summed E-state index contributed by atoms with van der Waals surface area (Å²) in [6, 6.07) is 5.07. The first-order valence-electron chi connectivity index (χ1n) is 4.12. The first-order valence-corrected chi connectivity index (χ1v) is 4.12. The minimum atomic E-state index is -2.43. The molecule has 1 aromatic carbocycles. The van der Waals surface area contributed by atoms with Crippen LogP contribution in [-0.4, -0.2) is 13.2 Å². The molecule has 0 saturated heterocycles. The number of alkyl halides is 2. The largest absolute Gasteiger partial charge is 0.454 e. The van der Waals surface area contributed by atoms with Crippen LogP contribution in [0.4, 0.5) is 8.78 Å². The third-order valence-corrected chi connectivity index (χ3v) is 1.83. The highest BCUT2D eigenvalue weighted by Crippen LogP contribution is 2.32. The molecular weight excluding hydrogens is 190 g/mol. The molecule has 0 spiro atoms. The van der Waals surface area contributed by atoms with Gasteiger partial charge in [0, 0.05) is 0 Å². The van der Waals surface area contributed by atoms with E-state index in [1.807, 2.05) is 0 Å². The number of allylic oxidation sites excluding steroid dienone is 1. The zero-order chi connectivity index (χ0) is 9.97. The lowest BCUT2D eigenvalue weighted by Crippen LogP contribution is -1.92. The van der Waals surface area contributed by atoms with Crippen LogP contribution >= 0.6 is 0 Å². The van der Waals surface area contributed by atoms with Crippen LogP contribution in [0.1, 0.15) is 5.56 Å². The van der Waals surface area contributed by atoms with Crippen molar-refractivity contribution in [2.45, 2.75) is 6.43 Å². The van der Waals surface area contributed by atoms with Crippen molar-refractivity contribution >= 4 is 6.08 Å². The molecule has 0 radical (unpaired) electrons. The zero-order valence-electron chi connectivity index (χ0n) is 7.24. The molecule has 0 aliphatic carbocycles. The fourth-order valence-corrected chi connectivity index (χ4v) is 1.20. The Morgan fingerprint density at radius 2 is 2.00 bits per heavy atom. The van der Waals surface area contributed by atoms with E-state index >= 15 is 0 Å². The van der Waals surface area contributed by atoms with Gasteiger partial charge in [-0.25, -0.2) is 8.78 Å². The average Bonchev–Trinajstić information content (AvgIpc) is 2.61. The second kappa shape index (κ2) is 3.65. The molecule has 74 valence electrons. The second-order valence-corrected chi connectivity index (χ2v) is 2.81. The van der Waals surface area contributed by atoms with E-state index in [1.54, 1.807) is 18.2 Å². The van der Waals surface area contributed by atoms with Crippen LogP contribution in [-0.2, 0) is 0 Å². The Morgan fingerprint density at radius 3 is 2.79 bits per heavy atom. The van der Waals surface area contributed by atoms with Gasteiger partial charge in [0.05, 0.1) is 0 Å². The molecule has 0 amide bonds. The summed E-state index contributed by atoms with van der Waals surface area (Å²) in [7, 11) is 0. The van der Waals surface area contributed by atoms with Crippen LogP contribution in [0.2, 0.25) is 0 Å². The summed E-state index contributed by atoms with van der Waals surface area (Å²) >= 11 is 0. The smallest absolute Gasteiger partial charge is 0.257 e. The predicted molar refractivity (Wildman–Crippen MR) is 47.6 cm³/mol. The van der Waals surface area contributed by atoms with E-state index in [1.165, 1.54) is 6.08 Å². The van der Waals surface area contributed by atoms with Gasteiger partial charge in [0.2, 0.25) is 6.79 Å². The van der Waals surface area contributed by atoms with Crippen molar-refractivity contribution < 1.29 is 18.3 Å². The van der Waals surface area contributed by atoms with Crippen molar-refractivity contribution in [1.82, 2.24) is 0 Å². The van der Waals surface area contributed by atoms with Crippen molar-refractivity contribution in [3.05, 3.63) is 29.8 Å². The van der Waals surface area contributed by atoms with E-state index in [4.69, 9.17) is 9.47 Å². The molecule has 4 heteroatoms. The van der Waals surface area contributed by atoms with Crippen molar-refractivity contribution in [3.8, 4) is 11.5 Å². The van der Waals surface area contributed by atoms with Crippen LogP contribution in [0.25, 0.3) is 6.08 Å². The fourth-order valence-electron chi connectivity index (χ4n) is 1.20. The Hall–Kier alpha value is -1.58. The molecule has 1 aromatic rings. The van der Waals surface area contributed by atoms with Crippen LogP contribution in [0.15, 0.2) is 24.3 Å². The topological polar surface area (TPSA) is 18.5 Å². The van der Waals surface area contributed by atoms with Gasteiger partial charge in [-0.3, -0.25) is 0 Å². The van der Waals surface area contributed by atoms with E-state index in [2.05, 4.69) is 0 Å². The lowest BCUT2D eigenvalue weighted by molar-refractivity contribution is 0.174. The predicted octanol–water partition coefficient (Wildman–Crippen LogP) is 2.69. The maximum absolute atomic E-state index is 11.9. The molecule has 2 nitrogen and oxygen atoms in total. The fraction of sp³-hybridized carbons (Fsp3) is 0.200. The first kappa shape index (κ1) is 8.99. The number of halogens is 2. The molecule has 0 bridgehead atoms. The van der Waals surface area contributed by atoms with Crippen molar-refractivity contribution in [2.75, 3.05) is 6.79 Å². The van der Waals surface area contributed by atoms with Gasteiger partial charge in [-0.1, -0.05) is 12.1 Å². The summed E-state index contributed by atoms with van der Waals surface area (Å²) < 4.78 is 33.9. The van der Waals surface area contributed by atoms with Crippen molar-refractivity contribution in [1.29, 1.82) is 0 Å². The van der Waals surface area contributed by atoms with Gasteiger partial charge in [-0.2, -0.15) is 0 Å². The molecule has 1 aliphatic rings. The second-order valence-electron chi connectivity index (χ2n) is 2.81. The maximum atomic E-state index is 11.9. The Bertz CT molecular complexity index is 361. The highest BCUT2D eigenvalue weighted by Gasteiger charge is 2.12. The van der Waals surface area contributed by atoms with Gasteiger partial charge in [-0.15, -0.1) is 0 Å². The molecule has 0 saturated carbocycles. The van der Waals surface area contributed by atoms with E-state index in [-0.39, 0.29) is 6.79 Å². The molecule has 0 unspecified atom stereocenters.